The van der Waals surface area contributed by atoms with Gasteiger partial charge in [0.1, 0.15) is 0 Å². The summed E-state index contributed by atoms with van der Waals surface area (Å²) < 4.78 is 0. The molecular weight excluding hydrogens is 289 g/mol. The van der Waals surface area contributed by atoms with E-state index in [1.165, 1.54) is 18.2 Å². The third-order valence-electron chi connectivity index (χ3n) is 3.12. The highest BCUT2D eigenvalue weighted by molar-refractivity contribution is 6.42. The molecule has 104 valence electrons. The molecule has 1 unspecified atom stereocenters. The summed E-state index contributed by atoms with van der Waals surface area (Å²) in [5.74, 6) is -1.32. The largest absolute Gasteiger partial charge is 0.481 e. The molecule has 0 aliphatic carbocycles. The molecule has 0 heterocycles. The highest BCUT2D eigenvalue weighted by Gasteiger charge is 2.31. The number of hydrogen-bond acceptors (Lipinski definition) is 2. The molecule has 0 aliphatic heterocycles. The van der Waals surface area contributed by atoms with Crippen LogP contribution < -0.4 is 5.32 Å². The number of rotatable bonds is 5. The van der Waals surface area contributed by atoms with Gasteiger partial charge in [0.25, 0.3) is 5.91 Å². The van der Waals surface area contributed by atoms with E-state index >= 15 is 0 Å². The van der Waals surface area contributed by atoms with Crippen molar-refractivity contribution in [3.05, 3.63) is 33.8 Å². The minimum absolute atomic E-state index is 0.0535. The average molecular weight is 304 g/mol. The fourth-order valence-electron chi connectivity index (χ4n) is 1.37. The lowest BCUT2D eigenvalue weighted by atomic mass is 9.87. The fraction of sp³-hybridized carbons (Fsp3) is 0.385. The van der Waals surface area contributed by atoms with Crippen LogP contribution in [-0.4, -0.2) is 23.5 Å². The van der Waals surface area contributed by atoms with E-state index in [-0.39, 0.29) is 17.5 Å². The van der Waals surface area contributed by atoms with Crippen molar-refractivity contribution in [3.63, 3.8) is 0 Å². The van der Waals surface area contributed by atoms with Gasteiger partial charge in [0.05, 0.1) is 15.5 Å². The molecule has 1 aromatic rings. The molecule has 0 aliphatic rings. The van der Waals surface area contributed by atoms with E-state index in [9.17, 15) is 9.59 Å². The van der Waals surface area contributed by atoms with Crippen LogP contribution in [0.4, 0.5) is 0 Å². The second kappa shape index (κ2) is 6.26. The number of nitrogens with one attached hydrogen (secondary N) is 1. The molecule has 1 amide bonds. The molecule has 1 rings (SSSR count). The van der Waals surface area contributed by atoms with Crippen LogP contribution in [0.15, 0.2) is 18.2 Å². The molecule has 4 nitrogen and oxygen atoms in total. The number of halogens is 2. The van der Waals surface area contributed by atoms with Crippen molar-refractivity contribution in [2.24, 2.45) is 5.41 Å². The first-order valence-electron chi connectivity index (χ1n) is 5.77. The maximum Gasteiger partial charge on any atom is 0.311 e. The minimum atomic E-state index is -0.980. The molecule has 0 saturated heterocycles. The molecule has 6 heteroatoms. The number of amides is 1. The topological polar surface area (TPSA) is 66.4 Å². The molecule has 0 bridgehead atoms. The number of carbonyl (C=O) groups excluding carboxylic acids is 1. The number of carbonyl (C=O) groups is 2. The van der Waals surface area contributed by atoms with Crippen molar-refractivity contribution >= 4 is 35.1 Å². The number of hydrogen-bond donors (Lipinski definition) is 2. The monoisotopic (exact) mass is 303 g/mol. The number of aliphatic carboxylic acids is 1. The van der Waals surface area contributed by atoms with Crippen LogP contribution in [-0.2, 0) is 4.79 Å². The van der Waals surface area contributed by atoms with E-state index in [0.717, 1.165) is 0 Å². The van der Waals surface area contributed by atoms with Crippen molar-refractivity contribution < 1.29 is 14.7 Å². The first-order chi connectivity index (χ1) is 8.80. The minimum Gasteiger partial charge on any atom is -0.481 e. The predicted octanol–water partition coefficient (Wildman–Crippen LogP) is 3.22. The summed E-state index contributed by atoms with van der Waals surface area (Å²) in [7, 11) is 0. The van der Waals surface area contributed by atoms with Crippen molar-refractivity contribution in [3.8, 4) is 0 Å². The fourth-order valence-corrected chi connectivity index (χ4v) is 1.66. The van der Waals surface area contributed by atoms with Crippen LogP contribution >= 0.6 is 23.2 Å². The van der Waals surface area contributed by atoms with Crippen LogP contribution in [0.5, 0.6) is 0 Å². The van der Waals surface area contributed by atoms with Crippen LogP contribution in [0.3, 0.4) is 0 Å². The van der Waals surface area contributed by atoms with Gasteiger partial charge in [0.2, 0.25) is 0 Å². The predicted molar refractivity (Wildman–Crippen MR) is 74.8 cm³/mol. The van der Waals surface area contributed by atoms with Gasteiger partial charge in [-0.15, -0.1) is 0 Å². The first kappa shape index (κ1) is 15.8. The van der Waals surface area contributed by atoms with Gasteiger partial charge in [-0.2, -0.15) is 0 Å². The third-order valence-corrected chi connectivity index (χ3v) is 3.86. The van der Waals surface area contributed by atoms with Gasteiger partial charge in [-0.25, -0.2) is 0 Å². The third kappa shape index (κ3) is 3.85. The van der Waals surface area contributed by atoms with Crippen molar-refractivity contribution in [1.82, 2.24) is 5.32 Å². The summed E-state index contributed by atoms with van der Waals surface area (Å²) in [5, 5.41) is 12.3. The Bertz CT molecular complexity index is 505. The zero-order valence-corrected chi connectivity index (χ0v) is 12.2. The summed E-state index contributed by atoms with van der Waals surface area (Å²) in [6.07, 6.45) is 0.421. The zero-order chi connectivity index (χ0) is 14.6. The lowest BCUT2D eigenvalue weighted by Crippen LogP contribution is -2.40. The molecular formula is C13H15Cl2NO3. The zero-order valence-electron chi connectivity index (χ0n) is 10.7. The Kier molecular flexibility index (Phi) is 5.20. The summed E-state index contributed by atoms with van der Waals surface area (Å²) in [4.78, 5) is 23.0. The van der Waals surface area contributed by atoms with E-state index < -0.39 is 11.4 Å². The molecule has 1 atom stereocenters. The summed E-state index contributed by atoms with van der Waals surface area (Å²) in [5.41, 5.74) is -0.635. The normalized spacial score (nSPS) is 13.7. The van der Waals surface area contributed by atoms with Crippen molar-refractivity contribution in [1.29, 1.82) is 0 Å². The number of carboxylic acids is 1. The molecule has 0 spiro atoms. The van der Waals surface area contributed by atoms with Crippen LogP contribution in [0, 0.1) is 5.41 Å². The second-order valence-corrected chi connectivity index (χ2v) is 5.35. The van der Waals surface area contributed by atoms with E-state index in [1.54, 1.807) is 13.8 Å². The maximum atomic E-state index is 11.9. The smallest absolute Gasteiger partial charge is 0.311 e. The van der Waals surface area contributed by atoms with Gasteiger partial charge in [0, 0.05) is 12.1 Å². The van der Waals surface area contributed by atoms with Gasteiger partial charge >= 0.3 is 5.97 Å². The Balaban J connectivity index is 2.75. The maximum absolute atomic E-state index is 11.9. The Morgan fingerprint density at radius 2 is 1.95 bits per heavy atom. The molecule has 0 aromatic heterocycles. The first-order valence-corrected chi connectivity index (χ1v) is 6.52. The quantitative estimate of drug-likeness (QED) is 0.877. The number of benzene rings is 1. The van der Waals surface area contributed by atoms with Gasteiger partial charge in [0.15, 0.2) is 0 Å². The average Bonchev–Trinajstić information content (AvgIpc) is 2.38. The van der Waals surface area contributed by atoms with Gasteiger partial charge in [-0.3, -0.25) is 9.59 Å². The Hall–Kier alpha value is -1.26. The molecule has 1 aromatic carbocycles. The Morgan fingerprint density at radius 3 is 2.42 bits per heavy atom. The molecule has 19 heavy (non-hydrogen) atoms. The lowest BCUT2D eigenvalue weighted by Gasteiger charge is -2.23. The van der Waals surface area contributed by atoms with Crippen LogP contribution in [0.25, 0.3) is 0 Å². The van der Waals surface area contributed by atoms with E-state index in [1.807, 2.05) is 0 Å². The van der Waals surface area contributed by atoms with Crippen LogP contribution in [0.2, 0.25) is 10.0 Å². The second-order valence-electron chi connectivity index (χ2n) is 4.53. The summed E-state index contributed by atoms with van der Waals surface area (Å²) in [6.45, 7) is 3.40. The van der Waals surface area contributed by atoms with Crippen molar-refractivity contribution in [2.45, 2.75) is 20.3 Å². The summed E-state index contributed by atoms with van der Waals surface area (Å²) in [6, 6.07) is 4.51. The van der Waals surface area contributed by atoms with Gasteiger partial charge < -0.3 is 10.4 Å². The molecule has 0 fully saturated rings. The van der Waals surface area contributed by atoms with Gasteiger partial charge in [-0.1, -0.05) is 30.1 Å². The van der Waals surface area contributed by atoms with E-state index in [2.05, 4.69) is 5.32 Å². The Morgan fingerprint density at radius 1 is 1.32 bits per heavy atom. The van der Waals surface area contributed by atoms with E-state index in [0.29, 0.717) is 17.0 Å². The van der Waals surface area contributed by atoms with Crippen molar-refractivity contribution in [2.75, 3.05) is 6.54 Å². The SMILES string of the molecule is CCC(C)(CNC(=O)c1ccc(Cl)c(Cl)c1)C(=O)O. The standard InChI is InChI=1S/C13H15Cl2NO3/c1-3-13(2,12(18)19)7-16-11(17)8-4-5-9(14)10(15)6-8/h4-6H,3,7H2,1-2H3,(H,16,17)(H,18,19). The van der Waals surface area contributed by atoms with Crippen LogP contribution in [0.1, 0.15) is 30.6 Å². The Labute approximate surface area is 121 Å². The molecule has 0 radical (unpaired) electrons. The lowest BCUT2D eigenvalue weighted by molar-refractivity contribution is -0.147. The highest BCUT2D eigenvalue weighted by Crippen LogP contribution is 2.23. The van der Waals surface area contributed by atoms with E-state index in [4.69, 9.17) is 28.3 Å². The van der Waals surface area contributed by atoms with Gasteiger partial charge in [-0.05, 0) is 31.5 Å². The number of carboxylic acid groups (broad SMARTS) is 1. The highest BCUT2D eigenvalue weighted by atomic mass is 35.5. The summed E-state index contributed by atoms with van der Waals surface area (Å²) >= 11 is 11.6. The molecule has 2 N–H and O–H groups in total. The molecule has 0 saturated carbocycles.